The maximum Gasteiger partial charge on any atom is 0.290 e. The highest BCUT2D eigenvalue weighted by molar-refractivity contribution is 7.91. The fourth-order valence-electron chi connectivity index (χ4n) is 2.53. The Labute approximate surface area is 116 Å². The number of hydrogen-bond acceptors (Lipinski definition) is 4. The van der Waals surface area contributed by atoms with Gasteiger partial charge in [0.15, 0.2) is 9.84 Å². The van der Waals surface area contributed by atoms with Gasteiger partial charge in [0.1, 0.15) is 5.69 Å². The molecule has 0 spiro atoms. The molecule has 0 aliphatic carbocycles. The predicted molar refractivity (Wildman–Crippen MR) is 77.2 cm³/mol. The van der Waals surface area contributed by atoms with Crippen molar-refractivity contribution < 1.29 is 8.42 Å². The summed E-state index contributed by atoms with van der Waals surface area (Å²) in [4.78, 5) is 12.2. The van der Waals surface area contributed by atoms with Gasteiger partial charge in [-0.05, 0) is 6.42 Å². The average molecular weight is 293 g/mol. The first-order chi connectivity index (χ1) is 9.48. The van der Waals surface area contributed by atoms with E-state index in [4.69, 9.17) is 5.73 Å². The number of nitrogens with zero attached hydrogens (tertiary/aromatic N) is 1. The molecule has 20 heavy (non-hydrogen) atoms. The van der Waals surface area contributed by atoms with Gasteiger partial charge in [-0.3, -0.25) is 9.89 Å². The van der Waals surface area contributed by atoms with Gasteiger partial charge in [-0.2, -0.15) is 0 Å². The Morgan fingerprint density at radius 3 is 2.55 bits per heavy atom. The zero-order valence-electron chi connectivity index (χ0n) is 10.7. The minimum Gasteiger partial charge on any atom is -0.392 e. The molecular weight excluding hydrogens is 278 g/mol. The summed E-state index contributed by atoms with van der Waals surface area (Å²) in [6.45, 7) is 0. The van der Waals surface area contributed by atoms with E-state index in [1.165, 1.54) is 4.68 Å². The summed E-state index contributed by atoms with van der Waals surface area (Å²) < 4.78 is 24.4. The van der Waals surface area contributed by atoms with Crippen molar-refractivity contribution in [3.63, 3.8) is 0 Å². The van der Waals surface area contributed by atoms with Crippen molar-refractivity contribution in [3.8, 4) is 11.3 Å². The van der Waals surface area contributed by atoms with Crippen molar-refractivity contribution in [1.82, 2.24) is 9.78 Å². The SMILES string of the molecule is Nc1c(-c2ccccc2)[nH]n(C2CCS(=O)(=O)C2)c1=O. The summed E-state index contributed by atoms with van der Waals surface area (Å²) >= 11 is 0. The lowest BCUT2D eigenvalue weighted by Gasteiger charge is -2.08. The normalized spacial score (nSPS) is 21.1. The van der Waals surface area contributed by atoms with Crippen molar-refractivity contribution in [2.75, 3.05) is 17.2 Å². The smallest absolute Gasteiger partial charge is 0.290 e. The molecule has 3 N–H and O–H groups in total. The van der Waals surface area contributed by atoms with Gasteiger partial charge in [-0.1, -0.05) is 30.3 Å². The van der Waals surface area contributed by atoms with Crippen LogP contribution in [0.1, 0.15) is 12.5 Å². The van der Waals surface area contributed by atoms with Crippen molar-refractivity contribution in [3.05, 3.63) is 40.7 Å². The van der Waals surface area contributed by atoms with E-state index in [1.807, 2.05) is 30.3 Å². The Hall–Kier alpha value is -2.02. The number of nitrogens with one attached hydrogen (secondary N) is 1. The zero-order chi connectivity index (χ0) is 14.3. The summed E-state index contributed by atoms with van der Waals surface area (Å²) in [6, 6.07) is 8.91. The van der Waals surface area contributed by atoms with Crippen molar-refractivity contribution in [2.45, 2.75) is 12.5 Å². The van der Waals surface area contributed by atoms with E-state index >= 15 is 0 Å². The molecule has 2 aromatic rings. The van der Waals surface area contributed by atoms with Crippen molar-refractivity contribution in [2.24, 2.45) is 0 Å². The number of sulfone groups is 1. The number of hydrogen-bond donors (Lipinski definition) is 2. The molecule has 0 radical (unpaired) electrons. The van der Waals surface area contributed by atoms with Gasteiger partial charge < -0.3 is 5.73 Å². The van der Waals surface area contributed by atoms with Crippen LogP contribution in [-0.2, 0) is 9.84 Å². The Morgan fingerprint density at radius 1 is 1.25 bits per heavy atom. The second kappa shape index (κ2) is 4.52. The van der Waals surface area contributed by atoms with Crippen LogP contribution in [0.15, 0.2) is 35.1 Å². The number of rotatable bonds is 2. The Bertz CT molecular complexity index is 790. The molecule has 0 saturated carbocycles. The lowest BCUT2D eigenvalue weighted by Crippen LogP contribution is -2.24. The highest BCUT2D eigenvalue weighted by atomic mass is 32.2. The molecule has 1 unspecified atom stereocenters. The maximum atomic E-state index is 12.2. The maximum absolute atomic E-state index is 12.2. The van der Waals surface area contributed by atoms with Gasteiger partial charge in [-0.15, -0.1) is 0 Å². The Morgan fingerprint density at radius 2 is 1.95 bits per heavy atom. The Kier molecular flexibility index (Phi) is 2.93. The van der Waals surface area contributed by atoms with Crippen molar-refractivity contribution in [1.29, 1.82) is 0 Å². The van der Waals surface area contributed by atoms with Crippen LogP contribution in [0.2, 0.25) is 0 Å². The fraction of sp³-hybridized carbons (Fsp3) is 0.308. The Balaban J connectivity index is 2.05. The van der Waals surface area contributed by atoms with Gasteiger partial charge in [0.2, 0.25) is 0 Å². The number of anilines is 1. The molecule has 1 atom stereocenters. The van der Waals surface area contributed by atoms with E-state index in [0.29, 0.717) is 12.1 Å². The molecule has 1 aliphatic rings. The van der Waals surface area contributed by atoms with E-state index in [2.05, 4.69) is 5.10 Å². The molecule has 1 saturated heterocycles. The van der Waals surface area contributed by atoms with E-state index in [9.17, 15) is 13.2 Å². The summed E-state index contributed by atoms with van der Waals surface area (Å²) in [5.74, 6) is 0.102. The third-order valence-electron chi connectivity index (χ3n) is 3.59. The van der Waals surface area contributed by atoms with E-state index in [1.54, 1.807) is 0 Å². The molecule has 1 aliphatic heterocycles. The van der Waals surface area contributed by atoms with Gasteiger partial charge in [0, 0.05) is 5.56 Å². The minimum atomic E-state index is -3.05. The molecule has 106 valence electrons. The van der Waals surface area contributed by atoms with Gasteiger partial charge in [0.05, 0.1) is 23.2 Å². The van der Waals surface area contributed by atoms with Crippen LogP contribution in [0.5, 0.6) is 0 Å². The summed E-state index contributed by atoms with van der Waals surface area (Å²) in [5.41, 5.74) is 6.98. The highest BCUT2D eigenvalue weighted by Gasteiger charge is 2.31. The molecule has 3 rings (SSSR count). The highest BCUT2D eigenvalue weighted by Crippen LogP contribution is 2.26. The van der Waals surface area contributed by atoms with Crippen LogP contribution in [0.4, 0.5) is 5.69 Å². The molecule has 1 aromatic carbocycles. The summed E-state index contributed by atoms with van der Waals surface area (Å²) in [5, 5.41) is 2.96. The lowest BCUT2D eigenvalue weighted by molar-refractivity contribution is 0.487. The molecule has 1 aromatic heterocycles. The first-order valence-corrected chi connectivity index (χ1v) is 8.16. The average Bonchev–Trinajstić information content (AvgIpc) is 2.93. The fourth-order valence-corrected chi connectivity index (χ4v) is 4.23. The van der Waals surface area contributed by atoms with E-state index in [0.717, 1.165) is 5.56 Å². The number of aromatic nitrogens is 2. The molecule has 0 amide bonds. The number of nitrogens with two attached hydrogens (primary N) is 1. The van der Waals surface area contributed by atoms with Gasteiger partial charge in [0.25, 0.3) is 5.56 Å². The van der Waals surface area contributed by atoms with Crippen LogP contribution in [0.25, 0.3) is 11.3 Å². The second-order valence-electron chi connectivity index (χ2n) is 5.00. The van der Waals surface area contributed by atoms with Crippen LogP contribution in [0, 0.1) is 0 Å². The first kappa shape index (κ1) is 13.0. The van der Waals surface area contributed by atoms with Crippen LogP contribution < -0.4 is 11.3 Å². The minimum absolute atomic E-state index is 0.0128. The first-order valence-electron chi connectivity index (χ1n) is 6.34. The predicted octanol–water partition coefficient (Wildman–Crippen LogP) is 0.785. The third kappa shape index (κ3) is 2.14. The summed E-state index contributed by atoms with van der Waals surface area (Å²) in [6.07, 6.45) is 0.441. The molecule has 6 nitrogen and oxygen atoms in total. The van der Waals surface area contributed by atoms with Crippen LogP contribution in [-0.4, -0.2) is 29.7 Å². The molecule has 1 fully saturated rings. The quantitative estimate of drug-likeness (QED) is 0.855. The van der Waals surface area contributed by atoms with Crippen LogP contribution in [0.3, 0.4) is 0 Å². The zero-order valence-corrected chi connectivity index (χ0v) is 11.6. The summed E-state index contributed by atoms with van der Waals surface area (Å²) in [7, 11) is -3.05. The van der Waals surface area contributed by atoms with Gasteiger partial charge in [-0.25, -0.2) is 13.1 Å². The molecule has 2 heterocycles. The standard InChI is InChI=1S/C13H15N3O3S/c14-11-12(9-4-2-1-3-5-9)15-16(13(11)17)10-6-7-20(18,19)8-10/h1-5,10,15H,6-8,14H2. The molecular formula is C13H15N3O3S. The number of benzene rings is 1. The second-order valence-corrected chi connectivity index (χ2v) is 7.23. The molecule has 7 heteroatoms. The third-order valence-corrected chi connectivity index (χ3v) is 5.34. The number of nitrogen functional groups attached to an aromatic ring is 1. The van der Waals surface area contributed by atoms with Gasteiger partial charge >= 0.3 is 0 Å². The van der Waals surface area contributed by atoms with Crippen molar-refractivity contribution >= 4 is 15.5 Å². The van der Waals surface area contributed by atoms with E-state index < -0.39 is 9.84 Å². The molecule has 0 bridgehead atoms. The monoisotopic (exact) mass is 293 g/mol. The topological polar surface area (TPSA) is 97.9 Å². The lowest BCUT2D eigenvalue weighted by atomic mass is 10.1. The van der Waals surface area contributed by atoms with E-state index in [-0.39, 0.29) is 28.8 Å². The number of aromatic amines is 1. The largest absolute Gasteiger partial charge is 0.392 e. The number of H-pyrrole nitrogens is 1. The van der Waals surface area contributed by atoms with Crippen LogP contribution >= 0.6 is 0 Å².